The molecule has 0 aliphatic heterocycles. The van der Waals surface area contributed by atoms with E-state index in [1.807, 2.05) is 0 Å². The molecule has 3 aromatic heterocycles. The van der Waals surface area contributed by atoms with E-state index in [9.17, 15) is 0 Å². The normalized spacial score (nSPS) is 12.0. The molecule has 55 heavy (non-hydrogen) atoms. The second-order valence-corrected chi connectivity index (χ2v) is 14.6. The van der Waals surface area contributed by atoms with Crippen LogP contribution in [0.4, 0.5) is 0 Å². The van der Waals surface area contributed by atoms with Crippen LogP contribution in [0.15, 0.2) is 200 Å². The van der Waals surface area contributed by atoms with Gasteiger partial charge in [0.1, 0.15) is 0 Å². The maximum atomic E-state index is 2.45. The summed E-state index contributed by atoms with van der Waals surface area (Å²) in [6, 6.07) is 73.1. The summed E-state index contributed by atoms with van der Waals surface area (Å²) in [6.07, 6.45) is 0. The molecule has 256 valence electrons. The molecule has 0 saturated heterocycles. The lowest BCUT2D eigenvalue weighted by atomic mass is 9.99. The predicted octanol–water partition coefficient (Wildman–Crippen LogP) is 13.8. The lowest BCUT2D eigenvalue weighted by Crippen LogP contribution is -1.95. The highest BCUT2D eigenvalue weighted by atomic mass is 15.0. The first-order chi connectivity index (χ1) is 27.3. The van der Waals surface area contributed by atoms with Gasteiger partial charge in [0.15, 0.2) is 0 Å². The van der Waals surface area contributed by atoms with E-state index in [0.29, 0.717) is 0 Å². The van der Waals surface area contributed by atoms with Crippen LogP contribution >= 0.6 is 0 Å². The molecule has 0 fully saturated rings. The Balaban J connectivity index is 1.03. The van der Waals surface area contributed by atoms with Gasteiger partial charge in [0.2, 0.25) is 0 Å². The molecule has 0 N–H and O–H groups in total. The molecule has 12 aromatic rings. The summed E-state index contributed by atoms with van der Waals surface area (Å²) in [6.45, 7) is 0. The second-order valence-electron chi connectivity index (χ2n) is 14.6. The maximum Gasteiger partial charge on any atom is 0.0641 e. The molecular weight excluding hydrogens is 667 g/mol. The molecule has 12 rings (SSSR count). The summed E-state index contributed by atoms with van der Waals surface area (Å²) in [5.74, 6) is 0. The molecule has 0 saturated carbocycles. The van der Waals surface area contributed by atoms with Gasteiger partial charge in [-0.05, 0) is 101 Å². The monoisotopic (exact) mass is 699 g/mol. The van der Waals surface area contributed by atoms with Crippen LogP contribution in [0.5, 0.6) is 0 Å². The van der Waals surface area contributed by atoms with E-state index in [1.54, 1.807) is 0 Å². The molecule has 0 atom stereocenters. The standard InChI is InChI=1S/C52H33N3/c1-3-13-38(14-4-1)53-46-20-10-8-18-42(46)45-33-37(26-29-49(45)53)34-23-24-36-32-40(27-25-35(36)31-34)54-48-22-12-9-19-44(48)51-50(54)30-28-43-41-17-7-11-21-47(41)55(52(43)51)39-15-5-2-6-16-39/h1-33H. The van der Waals surface area contributed by atoms with Crippen LogP contribution in [0.3, 0.4) is 0 Å². The van der Waals surface area contributed by atoms with Gasteiger partial charge >= 0.3 is 0 Å². The molecule has 0 unspecified atom stereocenters. The van der Waals surface area contributed by atoms with Gasteiger partial charge in [-0.3, -0.25) is 0 Å². The summed E-state index contributed by atoms with van der Waals surface area (Å²) in [4.78, 5) is 0. The van der Waals surface area contributed by atoms with E-state index < -0.39 is 0 Å². The zero-order chi connectivity index (χ0) is 36.0. The Kier molecular flexibility index (Phi) is 6.34. The highest BCUT2D eigenvalue weighted by Crippen LogP contribution is 2.42. The number of fused-ring (bicyclic) bond motifs is 11. The van der Waals surface area contributed by atoms with Crippen LogP contribution in [-0.2, 0) is 0 Å². The van der Waals surface area contributed by atoms with Gasteiger partial charge in [-0.2, -0.15) is 0 Å². The van der Waals surface area contributed by atoms with Gasteiger partial charge in [-0.1, -0.05) is 121 Å². The summed E-state index contributed by atoms with van der Waals surface area (Å²) >= 11 is 0. The molecule has 0 amide bonds. The average molecular weight is 700 g/mol. The van der Waals surface area contributed by atoms with E-state index in [1.165, 1.54) is 98.7 Å². The molecule has 3 nitrogen and oxygen atoms in total. The Labute approximate surface area is 317 Å². The minimum Gasteiger partial charge on any atom is -0.309 e. The van der Waals surface area contributed by atoms with Crippen molar-refractivity contribution in [3.8, 4) is 28.2 Å². The van der Waals surface area contributed by atoms with Crippen molar-refractivity contribution >= 4 is 76.2 Å². The Morgan fingerprint density at radius 3 is 1.49 bits per heavy atom. The fourth-order valence-corrected chi connectivity index (χ4v) is 9.19. The lowest BCUT2D eigenvalue weighted by molar-refractivity contribution is 1.18. The number of nitrogens with zero attached hydrogens (tertiary/aromatic N) is 3. The minimum atomic E-state index is 1.16. The summed E-state index contributed by atoms with van der Waals surface area (Å²) < 4.78 is 7.26. The Morgan fingerprint density at radius 1 is 0.255 bits per heavy atom. The van der Waals surface area contributed by atoms with Crippen molar-refractivity contribution in [3.05, 3.63) is 200 Å². The van der Waals surface area contributed by atoms with Crippen molar-refractivity contribution in [2.24, 2.45) is 0 Å². The molecule has 0 aliphatic rings. The Bertz CT molecular complexity index is 3470. The number of hydrogen-bond acceptors (Lipinski definition) is 0. The van der Waals surface area contributed by atoms with Crippen LogP contribution in [0.2, 0.25) is 0 Å². The van der Waals surface area contributed by atoms with Crippen molar-refractivity contribution in [1.82, 2.24) is 13.7 Å². The molecule has 3 heteroatoms. The quantitative estimate of drug-likeness (QED) is 0.174. The molecule has 9 aromatic carbocycles. The summed E-state index contributed by atoms with van der Waals surface area (Å²) in [5, 5.41) is 10.0. The van der Waals surface area contributed by atoms with Crippen molar-refractivity contribution in [1.29, 1.82) is 0 Å². The number of para-hydroxylation sites is 5. The third kappa shape index (κ3) is 4.38. The smallest absolute Gasteiger partial charge is 0.0641 e. The van der Waals surface area contributed by atoms with E-state index in [0.717, 1.165) is 5.69 Å². The van der Waals surface area contributed by atoms with Crippen molar-refractivity contribution in [3.63, 3.8) is 0 Å². The van der Waals surface area contributed by atoms with Crippen molar-refractivity contribution in [2.45, 2.75) is 0 Å². The molecule has 0 aliphatic carbocycles. The molecule has 0 bridgehead atoms. The number of benzene rings is 9. The number of hydrogen-bond donors (Lipinski definition) is 0. The third-order valence-electron chi connectivity index (χ3n) is 11.6. The van der Waals surface area contributed by atoms with E-state index in [4.69, 9.17) is 0 Å². The van der Waals surface area contributed by atoms with Crippen LogP contribution in [0.1, 0.15) is 0 Å². The van der Waals surface area contributed by atoms with Crippen LogP contribution in [0, 0.1) is 0 Å². The largest absolute Gasteiger partial charge is 0.309 e. The van der Waals surface area contributed by atoms with Crippen LogP contribution in [0.25, 0.3) is 104 Å². The maximum absolute atomic E-state index is 2.45. The van der Waals surface area contributed by atoms with Gasteiger partial charge in [-0.15, -0.1) is 0 Å². The van der Waals surface area contributed by atoms with Gasteiger partial charge in [0.25, 0.3) is 0 Å². The Morgan fingerprint density at radius 2 is 0.745 bits per heavy atom. The van der Waals surface area contributed by atoms with Gasteiger partial charge in [0.05, 0.1) is 33.1 Å². The average Bonchev–Trinajstić information content (AvgIpc) is 3.89. The lowest BCUT2D eigenvalue weighted by Gasteiger charge is -2.11. The SMILES string of the molecule is c1ccc(-n2c3ccccc3c3cc(-c4ccc5cc(-n6c7ccccc7c7c6ccc6c8ccccc8n(-c8ccccc8)c67)ccc5c4)ccc32)cc1. The second kappa shape index (κ2) is 11.6. The number of aromatic nitrogens is 3. The van der Waals surface area contributed by atoms with Crippen LogP contribution in [-0.4, -0.2) is 13.7 Å². The topological polar surface area (TPSA) is 14.8 Å². The van der Waals surface area contributed by atoms with E-state index in [2.05, 4.69) is 214 Å². The zero-order valence-electron chi connectivity index (χ0n) is 29.9. The third-order valence-corrected chi connectivity index (χ3v) is 11.6. The zero-order valence-corrected chi connectivity index (χ0v) is 29.9. The molecule has 3 heterocycles. The highest BCUT2D eigenvalue weighted by Gasteiger charge is 2.21. The van der Waals surface area contributed by atoms with Crippen LogP contribution < -0.4 is 0 Å². The van der Waals surface area contributed by atoms with Crippen molar-refractivity contribution in [2.75, 3.05) is 0 Å². The summed E-state index contributed by atoms with van der Waals surface area (Å²) in [7, 11) is 0. The van der Waals surface area contributed by atoms with Gasteiger partial charge in [-0.25, -0.2) is 0 Å². The molecule has 0 radical (unpaired) electrons. The van der Waals surface area contributed by atoms with E-state index >= 15 is 0 Å². The predicted molar refractivity (Wildman–Crippen MR) is 232 cm³/mol. The van der Waals surface area contributed by atoms with Gasteiger partial charge < -0.3 is 13.7 Å². The van der Waals surface area contributed by atoms with Crippen molar-refractivity contribution < 1.29 is 0 Å². The summed E-state index contributed by atoms with van der Waals surface area (Å²) in [5.41, 5.74) is 13.2. The fraction of sp³-hybridized carbons (Fsp3) is 0. The minimum absolute atomic E-state index is 1.16. The molecule has 0 spiro atoms. The molecular formula is C52H33N3. The Hall–Kier alpha value is -7.36. The first-order valence-corrected chi connectivity index (χ1v) is 18.9. The fourth-order valence-electron chi connectivity index (χ4n) is 9.19. The number of rotatable bonds is 4. The highest BCUT2D eigenvalue weighted by molar-refractivity contribution is 6.26. The van der Waals surface area contributed by atoms with Gasteiger partial charge in [0, 0.05) is 49.4 Å². The first-order valence-electron chi connectivity index (χ1n) is 18.9. The van der Waals surface area contributed by atoms with E-state index in [-0.39, 0.29) is 0 Å². The first kappa shape index (κ1) is 30.1.